The lowest BCUT2D eigenvalue weighted by Crippen LogP contribution is -2.39. The minimum Gasteiger partial charge on any atom is -0.468 e. The molecular weight excluding hydrogens is 309 g/mol. The van der Waals surface area contributed by atoms with Crippen LogP contribution in [0.3, 0.4) is 0 Å². The highest BCUT2D eigenvalue weighted by molar-refractivity contribution is 7.68. The van der Waals surface area contributed by atoms with E-state index in [0.717, 1.165) is 10.9 Å². The summed E-state index contributed by atoms with van der Waals surface area (Å²) in [5.41, 5.74) is 1.00. The van der Waals surface area contributed by atoms with Gasteiger partial charge in [-0.25, -0.2) is 4.67 Å². The molecule has 2 atom stereocenters. The van der Waals surface area contributed by atoms with E-state index in [4.69, 9.17) is 4.74 Å². The molecule has 0 fully saturated rings. The summed E-state index contributed by atoms with van der Waals surface area (Å²) in [5.74, 6) is -0.390. The van der Waals surface area contributed by atoms with Crippen LogP contribution in [-0.2, 0) is 20.6 Å². The normalized spacial score (nSPS) is 15.0. The molecular formula is C18H22NO3P. The van der Waals surface area contributed by atoms with Gasteiger partial charge in [-0.1, -0.05) is 60.7 Å². The largest absolute Gasteiger partial charge is 0.468 e. The second-order valence-electron chi connectivity index (χ2n) is 5.50. The number of hydrogen-bond donors (Lipinski definition) is 0. The molecule has 0 aromatic heterocycles. The number of methoxy groups -OCH3 is 1. The predicted octanol–water partition coefficient (Wildman–Crippen LogP) is 3.28. The van der Waals surface area contributed by atoms with Gasteiger partial charge in [-0.3, -0.25) is 4.79 Å². The van der Waals surface area contributed by atoms with Crippen molar-refractivity contribution in [3.05, 3.63) is 66.2 Å². The molecule has 0 aliphatic heterocycles. The SMILES string of the molecule is COC(=O)[C@@H](C)N(Cc1ccccc1)[P@@](C)(=O)c1ccccc1. The van der Waals surface area contributed by atoms with Crippen LogP contribution in [0, 0.1) is 0 Å². The fourth-order valence-corrected chi connectivity index (χ4v) is 4.73. The first kappa shape index (κ1) is 17.5. The zero-order valence-corrected chi connectivity index (χ0v) is 14.6. The monoisotopic (exact) mass is 331 g/mol. The number of nitrogens with zero attached hydrogens (tertiary/aromatic N) is 1. The van der Waals surface area contributed by atoms with Crippen LogP contribution >= 0.6 is 7.29 Å². The van der Waals surface area contributed by atoms with Crippen LogP contribution in [0.25, 0.3) is 0 Å². The van der Waals surface area contributed by atoms with Gasteiger partial charge in [0.05, 0.1) is 7.11 Å². The molecule has 0 unspecified atom stereocenters. The van der Waals surface area contributed by atoms with Crippen molar-refractivity contribution in [2.75, 3.05) is 13.8 Å². The zero-order valence-electron chi connectivity index (χ0n) is 13.7. The Morgan fingerprint density at radius 2 is 1.61 bits per heavy atom. The molecule has 0 saturated heterocycles. The number of benzene rings is 2. The number of rotatable bonds is 6. The molecule has 2 aromatic carbocycles. The summed E-state index contributed by atoms with van der Waals surface area (Å²) < 4.78 is 20.1. The second-order valence-corrected chi connectivity index (χ2v) is 8.29. The molecule has 0 saturated carbocycles. The average molecular weight is 331 g/mol. The van der Waals surface area contributed by atoms with Crippen molar-refractivity contribution in [2.24, 2.45) is 0 Å². The lowest BCUT2D eigenvalue weighted by Gasteiger charge is -2.33. The van der Waals surface area contributed by atoms with E-state index in [1.165, 1.54) is 7.11 Å². The molecule has 0 N–H and O–H groups in total. The van der Waals surface area contributed by atoms with Crippen molar-refractivity contribution in [3.8, 4) is 0 Å². The summed E-state index contributed by atoms with van der Waals surface area (Å²) in [5, 5.41) is 0.728. The van der Waals surface area contributed by atoms with Gasteiger partial charge in [-0.15, -0.1) is 0 Å². The first-order chi connectivity index (χ1) is 11.0. The summed E-state index contributed by atoms with van der Waals surface area (Å²) >= 11 is 0. The van der Waals surface area contributed by atoms with Gasteiger partial charge < -0.3 is 9.30 Å². The highest BCUT2D eigenvalue weighted by atomic mass is 31.2. The Labute approximate surface area is 137 Å². The Hall–Kier alpha value is -1.90. The topological polar surface area (TPSA) is 46.6 Å². The van der Waals surface area contributed by atoms with Gasteiger partial charge >= 0.3 is 5.97 Å². The van der Waals surface area contributed by atoms with E-state index >= 15 is 0 Å². The van der Waals surface area contributed by atoms with E-state index in [2.05, 4.69) is 0 Å². The third-order valence-corrected chi connectivity index (χ3v) is 6.63. The molecule has 0 spiro atoms. The minimum atomic E-state index is -2.91. The van der Waals surface area contributed by atoms with Crippen LogP contribution in [0.1, 0.15) is 12.5 Å². The average Bonchev–Trinajstić information content (AvgIpc) is 2.60. The fourth-order valence-electron chi connectivity index (χ4n) is 2.52. The van der Waals surface area contributed by atoms with E-state index in [1.54, 1.807) is 18.3 Å². The Bertz CT molecular complexity index is 688. The van der Waals surface area contributed by atoms with Gasteiger partial charge in [0.15, 0.2) is 7.29 Å². The molecule has 0 heterocycles. The standard InChI is InChI=1S/C18H22NO3P/c1-15(18(20)22-2)19(14-16-10-6-4-7-11-16)23(3,21)17-12-8-5-9-13-17/h4-13,15H,14H2,1-3H3/t15-,23+/m1/s1. The number of hydrogen-bond acceptors (Lipinski definition) is 3. The first-order valence-corrected chi connectivity index (χ1v) is 9.59. The Morgan fingerprint density at radius 3 is 2.13 bits per heavy atom. The van der Waals surface area contributed by atoms with E-state index in [1.807, 2.05) is 60.7 Å². The van der Waals surface area contributed by atoms with E-state index in [0.29, 0.717) is 6.54 Å². The Kier molecular flexibility index (Phi) is 5.75. The number of esters is 1. The first-order valence-electron chi connectivity index (χ1n) is 7.49. The quantitative estimate of drug-likeness (QED) is 0.602. The van der Waals surface area contributed by atoms with Crippen LogP contribution in [0.4, 0.5) is 0 Å². The number of carbonyl (C=O) groups excluding carboxylic acids is 1. The summed E-state index contributed by atoms with van der Waals surface area (Å²) in [4.78, 5) is 12.0. The van der Waals surface area contributed by atoms with Crippen LogP contribution in [0.15, 0.2) is 60.7 Å². The summed E-state index contributed by atoms with van der Waals surface area (Å²) in [6.07, 6.45) is 0. The van der Waals surface area contributed by atoms with E-state index in [-0.39, 0.29) is 5.97 Å². The molecule has 0 aliphatic rings. The molecule has 0 amide bonds. The van der Waals surface area contributed by atoms with Gasteiger partial charge in [0.2, 0.25) is 0 Å². The van der Waals surface area contributed by atoms with Crippen LogP contribution in [0.5, 0.6) is 0 Å². The number of ether oxygens (including phenoxy) is 1. The third kappa shape index (κ3) is 4.10. The summed E-state index contributed by atoms with van der Waals surface area (Å²) in [7, 11) is -1.56. The van der Waals surface area contributed by atoms with Gasteiger partial charge in [0.1, 0.15) is 6.04 Å². The highest BCUT2D eigenvalue weighted by Crippen LogP contribution is 2.47. The maximum Gasteiger partial charge on any atom is 0.323 e. The molecule has 2 aromatic rings. The minimum absolute atomic E-state index is 0.390. The zero-order chi connectivity index (χ0) is 16.9. The molecule has 0 radical (unpaired) electrons. The van der Waals surface area contributed by atoms with Crippen molar-refractivity contribution < 1.29 is 14.1 Å². The van der Waals surface area contributed by atoms with Crippen LogP contribution < -0.4 is 5.30 Å². The summed E-state index contributed by atoms with van der Waals surface area (Å²) in [6, 6.07) is 18.4. The van der Waals surface area contributed by atoms with Gasteiger partial charge in [-0.05, 0) is 12.5 Å². The van der Waals surface area contributed by atoms with Gasteiger partial charge in [0, 0.05) is 18.5 Å². The van der Waals surface area contributed by atoms with Crippen molar-refractivity contribution >= 4 is 18.6 Å². The van der Waals surface area contributed by atoms with Crippen molar-refractivity contribution in [1.82, 2.24) is 4.67 Å². The molecule has 0 aliphatic carbocycles. The molecule has 5 heteroatoms. The van der Waals surface area contributed by atoms with E-state index < -0.39 is 13.3 Å². The van der Waals surface area contributed by atoms with Gasteiger partial charge in [-0.2, -0.15) is 0 Å². The fraction of sp³-hybridized carbons (Fsp3) is 0.278. The van der Waals surface area contributed by atoms with Crippen molar-refractivity contribution in [1.29, 1.82) is 0 Å². The highest BCUT2D eigenvalue weighted by Gasteiger charge is 2.35. The van der Waals surface area contributed by atoms with Gasteiger partial charge in [0.25, 0.3) is 0 Å². The summed E-state index contributed by atoms with van der Waals surface area (Å²) in [6.45, 7) is 3.85. The van der Waals surface area contributed by atoms with Crippen LogP contribution in [0.2, 0.25) is 0 Å². The predicted molar refractivity (Wildman–Crippen MR) is 93.1 cm³/mol. The van der Waals surface area contributed by atoms with Crippen molar-refractivity contribution in [3.63, 3.8) is 0 Å². The smallest absolute Gasteiger partial charge is 0.323 e. The lowest BCUT2D eigenvalue weighted by atomic mass is 10.2. The second kappa shape index (κ2) is 7.58. The third-order valence-electron chi connectivity index (χ3n) is 3.90. The maximum absolute atomic E-state index is 13.5. The lowest BCUT2D eigenvalue weighted by molar-refractivity contribution is -0.144. The molecule has 2 rings (SSSR count). The number of carbonyl (C=O) groups is 1. The van der Waals surface area contributed by atoms with E-state index in [9.17, 15) is 9.36 Å². The van der Waals surface area contributed by atoms with Crippen LogP contribution in [-0.4, -0.2) is 30.5 Å². The maximum atomic E-state index is 13.5. The Morgan fingerprint density at radius 1 is 1.09 bits per heavy atom. The molecule has 0 bridgehead atoms. The molecule has 122 valence electrons. The van der Waals surface area contributed by atoms with Crippen molar-refractivity contribution in [2.45, 2.75) is 19.5 Å². The Balaban J connectivity index is 2.40. The molecule has 4 nitrogen and oxygen atoms in total. The molecule has 23 heavy (non-hydrogen) atoms.